The average molecular weight is 368 g/mol. The molecule has 3 aromatic rings. The number of hydrogen-bond acceptors (Lipinski definition) is 3. The molecule has 3 aromatic carbocycles. The van der Waals surface area contributed by atoms with Gasteiger partial charge < -0.3 is 5.32 Å². The van der Waals surface area contributed by atoms with Gasteiger partial charge in [0.15, 0.2) is 0 Å². The summed E-state index contributed by atoms with van der Waals surface area (Å²) in [5, 5.41) is 3.16. The van der Waals surface area contributed by atoms with E-state index in [0.717, 1.165) is 22.4 Å². The Labute approximate surface area is 164 Å². The van der Waals surface area contributed by atoms with Crippen molar-refractivity contribution in [1.29, 1.82) is 0 Å². The molecule has 0 atom stereocenters. The zero-order valence-corrected chi connectivity index (χ0v) is 15.8. The molecular weight excluding hydrogens is 348 g/mol. The number of benzene rings is 3. The Balaban J connectivity index is 1.81. The number of carbonyl (C=O) groups excluding carboxylic acids is 2. The van der Waals surface area contributed by atoms with Crippen molar-refractivity contribution >= 4 is 28.8 Å². The van der Waals surface area contributed by atoms with E-state index in [1.165, 1.54) is 4.90 Å². The third-order valence-electron chi connectivity index (χ3n) is 4.76. The van der Waals surface area contributed by atoms with Crippen LogP contribution in [0.3, 0.4) is 0 Å². The maximum absolute atomic E-state index is 13.3. The zero-order chi connectivity index (χ0) is 19.7. The number of rotatable bonds is 4. The number of aryl methyl sites for hydroxylation is 2. The Morgan fingerprint density at radius 3 is 1.86 bits per heavy atom. The molecule has 1 heterocycles. The Kier molecular flexibility index (Phi) is 4.53. The van der Waals surface area contributed by atoms with Crippen LogP contribution in [-0.4, -0.2) is 11.8 Å². The van der Waals surface area contributed by atoms with Crippen molar-refractivity contribution in [1.82, 2.24) is 0 Å². The lowest BCUT2D eigenvalue weighted by Crippen LogP contribution is -2.32. The summed E-state index contributed by atoms with van der Waals surface area (Å²) >= 11 is 0. The largest absolute Gasteiger partial charge is 0.350 e. The topological polar surface area (TPSA) is 49.4 Å². The molecule has 4 rings (SSSR count). The van der Waals surface area contributed by atoms with Crippen LogP contribution in [0.15, 0.2) is 84.6 Å². The molecule has 0 unspecified atom stereocenters. The normalized spacial score (nSPS) is 14.0. The fourth-order valence-electron chi connectivity index (χ4n) is 3.23. The number of nitrogens with one attached hydrogen (secondary N) is 1. The van der Waals surface area contributed by atoms with Gasteiger partial charge in [0, 0.05) is 5.69 Å². The smallest absolute Gasteiger partial charge is 0.282 e. The monoisotopic (exact) mass is 368 g/mol. The summed E-state index contributed by atoms with van der Waals surface area (Å²) in [6.07, 6.45) is 0. The number of carbonyl (C=O) groups is 2. The van der Waals surface area contributed by atoms with Gasteiger partial charge in [0.05, 0.1) is 11.3 Å². The predicted molar refractivity (Wildman–Crippen MR) is 112 cm³/mol. The van der Waals surface area contributed by atoms with Gasteiger partial charge in [-0.1, -0.05) is 65.7 Å². The van der Waals surface area contributed by atoms with Crippen LogP contribution in [0.2, 0.25) is 0 Å². The Morgan fingerprint density at radius 1 is 0.679 bits per heavy atom. The second kappa shape index (κ2) is 7.16. The summed E-state index contributed by atoms with van der Waals surface area (Å²) in [4.78, 5) is 27.8. The van der Waals surface area contributed by atoms with Crippen LogP contribution in [-0.2, 0) is 9.59 Å². The van der Waals surface area contributed by atoms with Crippen molar-refractivity contribution in [2.24, 2.45) is 0 Å². The molecule has 138 valence electrons. The number of anilines is 2. The highest BCUT2D eigenvalue weighted by atomic mass is 16.2. The highest BCUT2D eigenvalue weighted by Crippen LogP contribution is 2.33. The van der Waals surface area contributed by atoms with Gasteiger partial charge in [0.1, 0.15) is 5.70 Å². The molecule has 0 aromatic heterocycles. The van der Waals surface area contributed by atoms with Crippen molar-refractivity contribution < 1.29 is 9.59 Å². The number of hydrogen-bond donors (Lipinski definition) is 1. The van der Waals surface area contributed by atoms with Crippen LogP contribution >= 0.6 is 0 Å². The van der Waals surface area contributed by atoms with Crippen LogP contribution in [0.1, 0.15) is 16.7 Å². The summed E-state index contributed by atoms with van der Waals surface area (Å²) in [6, 6.07) is 24.4. The molecule has 1 aliphatic rings. The SMILES string of the molecule is Cc1ccc(C2=C(Nc3ccccc3)C(=O)N(c3ccc(C)cc3)C2=O)cc1. The lowest BCUT2D eigenvalue weighted by molar-refractivity contribution is -0.120. The first-order chi connectivity index (χ1) is 13.5. The second-order valence-corrected chi connectivity index (χ2v) is 6.89. The standard InChI is InChI=1S/C24H20N2O2/c1-16-8-12-18(13-9-16)21-22(25-19-6-4-3-5-7-19)24(28)26(23(21)27)20-14-10-17(2)11-15-20/h3-15,25H,1-2H3. The Hall–Kier alpha value is -3.66. The van der Waals surface area contributed by atoms with Crippen LogP contribution in [0.25, 0.3) is 5.57 Å². The van der Waals surface area contributed by atoms with E-state index in [2.05, 4.69) is 5.32 Å². The molecule has 0 saturated heterocycles. The molecule has 0 fully saturated rings. The van der Waals surface area contributed by atoms with E-state index in [-0.39, 0.29) is 11.8 Å². The summed E-state index contributed by atoms with van der Waals surface area (Å²) in [5.41, 5.74) is 4.88. The molecule has 0 spiro atoms. The lowest BCUT2D eigenvalue weighted by Gasteiger charge is -2.15. The van der Waals surface area contributed by atoms with E-state index >= 15 is 0 Å². The van der Waals surface area contributed by atoms with Gasteiger partial charge in [-0.3, -0.25) is 9.59 Å². The minimum absolute atomic E-state index is 0.292. The third-order valence-corrected chi connectivity index (χ3v) is 4.76. The molecule has 0 radical (unpaired) electrons. The van der Waals surface area contributed by atoms with Crippen LogP contribution in [0.4, 0.5) is 11.4 Å². The summed E-state index contributed by atoms with van der Waals surface area (Å²) in [6.45, 7) is 3.96. The second-order valence-electron chi connectivity index (χ2n) is 6.89. The predicted octanol–water partition coefficient (Wildman–Crippen LogP) is 4.70. The summed E-state index contributed by atoms with van der Waals surface area (Å²) < 4.78 is 0. The van der Waals surface area contributed by atoms with E-state index in [1.807, 2.05) is 80.6 Å². The first-order valence-corrected chi connectivity index (χ1v) is 9.13. The maximum atomic E-state index is 13.3. The average Bonchev–Trinajstić information content (AvgIpc) is 2.94. The Morgan fingerprint density at radius 2 is 1.25 bits per heavy atom. The van der Waals surface area contributed by atoms with Gasteiger partial charge in [0.2, 0.25) is 0 Å². The van der Waals surface area contributed by atoms with Crippen molar-refractivity contribution in [3.63, 3.8) is 0 Å². The highest BCUT2D eigenvalue weighted by molar-refractivity contribution is 6.46. The first kappa shape index (κ1) is 17.7. The molecule has 0 bridgehead atoms. The van der Waals surface area contributed by atoms with Crippen molar-refractivity contribution in [2.75, 3.05) is 10.2 Å². The van der Waals surface area contributed by atoms with Gasteiger partial charge in [-0.15, -0.1) is 0 Å². The van der Waals surface area contributed by atoms with Crippen LogP contribution in [0, 0.1) is 13.8 Å². The van der Waals surface area contributed by atoms with Gasteiger partial charge in [-0.25, -0.2) is 4.90 Å². The third kappa shape index (κ3) is 3.21. The first-order valence-electron chi connectivity index (χ1n) is 9.13. The van der Waals surface area contributed by atoms with E-state index in [0.29, 0.717) is 17.0 Å². The van der Waals surface area contributed by atoms with Crippen molar-refractivity contribution in [3.05, 3.63) is 101 Å². The number of imide groups is 1. The fourth-order valence-corrected chi connectivity index (χ4v) is 3.23. The van der Waals surface area contributed by atoms with Gasteiger partial charge in [-0.05, 0) is 43.7 Å². The van der Waals surface area contributed by atoms with Crippen molar-refractivity contribution in [3.8, 4) is 0 Å². The number of nitrogens with zero attached hydrogens (tertiary/aromatic N) is 1. The fraction of sp³-hybridized carbons (Fsp3) is 0.0833. The number of para-hydroxylation sites is 1. The Bertz CT molecular complexity index is 1070. The van der Waals surface area contributed by atoms with Gasteiger partial charge >= 0.3 is 0 Å². The van der Waals surface area contributed by atoms with E-state index < -0.39 is 0 Å². The van der Waals surface area contributed by atoms with Crippen molar-refractivity contribution in [2.45, 2.75) is 13.8 Å². The van der Waals surface area contributed by atoms with E-state index in [9.17, 15) is 9.59 Å². The van der Waals surface area contributed by atoms with Gasteiger partial charge in [0.25, 0.3) is 11.8 Å². The van der Waals surface area contributed by atoms with Gasteiger partial charge in [-0.2, -0.15) is 0 Å². The molecule has 1 aliphatic heterocycles. The molecule has 28 heavy (non-hydrogen) atoms. The highest BCUT2D eigenvalue weighted by Gasteiger charge is 2.40. The quantitative estimate of drug-likeness (QED) is 0.679. The molecule has 0 saturated carbocycles. The molecule has 4 heteroatoms. The van der Waals surface area contributed by atoms with Crippen LogP contribution in [0.5, 0.6) is 0 Å². The minimum Gasteiger partial charge on any atom is -0.350 e. The molecule has 1 N–H and O–H groups in total. The van der Waals surface area contributed by atoms with E-state index in [1.54, 1.807) is 12.1 Å². The maximum Gasteiger partial charge on any atom is 0.282 e. The van der Waals surface area contributed by atoms with Crippen LogP contribution < -0.4 is 10.2 Å². The minimum atomic E-state index is -0.353. The summed E-state index contributed by atoms with van der Waals surface area (Å²) in [5.74, 6) is -0.676. The summed E-state index contributed by atoms with van der Waals surface area (Å²) in [7, 11) is 0. The molecule has 2 amide bonds. The molecular formula is C24H20N2O2. The number of amides is 2. The lowest BCUT2D eigenvalue weighted by atomic mass is 10.0. The molecule has 0 aliphatic carbocycles. The molecule has 4 nitrogen and oxygen atoms in total. The van der Waals surface area contributed by atoms with E-state index in [4.69, 9.17) is 0 Å². The zero-order valence-electron chi connectivity index (χ0n) is 15.8.